The fraction of sp³-hybridized carbons (Fsp3) is 0.455. The summed E-state index contributed by atoms with van der Waals surface area (Å²) in [5.41, 5.74) is 1.09. The molecule has 0 amide bonds. The van der Waals surface area contributed by atoms with Crippen LogP contribution in [-0.2, 0) is 13.3 Å². The largest absolute Gasteiger partial charge is 0.501 e. The Labute approximate surface area is 97.9 Å². The molecule has 0 heterocycles. The van der Waals surface area contributed by atoms with Gasteiger partial charge in [-0.1, -0.05) is 18.2 Å². The minimum atomic E-state index is -2.43. The Morgan fingerprint density at radius 3 is 2.06 bits per heavy atom. The average Bonchev–Trinajstić information content (AvgIpc) is 2.37. The number of anilines is 1. The monoisotopic (exact) mass is 241 g/mol. The first-order chi connectivity index (χ1) is 7.76. The summed E-state index contributed by atoms with van der Waals surface area (Å²) in [6.45, 7) is 0.770. The molecule has 16 heavy (non-hydrogen) atoms. The molecule has 1 aromatic carbocycles. The maximum absolute atomic E-state index is 5.33. The molecule has 0 radical (unpaired) electrons. The van der Waals surface area contributed by atoms with E-state index in [1.165, 1.54) is 0 Å². The van der Waals surface area contributed by atoms with Crippen molar-refractivity contribution in [3.63, 3.8) is 0 Å². The number of para-hydroxylation sites is 1. The maximum Gasteiger partial charge on any atom is 0.501 e. The topological polar surface area (TPSA) is 39.7 Å². The summed E-state index contributed by atoms with van der Waals surface area (Å²) in [6, 6.07) is 10.8. The Hall–Kier alpha value is -0.883. The summed E-state index contributed by atoms with van der Waals surface area (Å²) < 4.78 is 16.0. The van der Waals surface area contributed by atoms with Gasteiger partial charge in [-0.05, 0) is 12.1 Å². The molecular formula is C11H19NO3Si. The molecule has 5 heteroatoms. The van der Waals surface area contributed by atoms with Gasteiger partial charge in [-0.15, -0.1) is 0 Å². The number of rotatable bonds is 7. The van der Waals surface area contributed by atoms with Gasteiger partial charge in [0.15, 0.2) is 0 Å². The lowest BCUT2D eigenvalue weighted by molar-refractivity contribution is 0.124. The van der Waals surface area contributed by atoms with E-state index in [0.717, 1.165) is 18.3 Å². The molecule has 1 rings (SSSR count). The summed E-state index contributed by atoms with van der Waals surface area (Å²) in [4.78, 5) is 0. The van der Waals surface area contributed by atoms with Crippen LogP contribution in [0.25, 0.3) is 0 Å². The van der Waals surface area contributed by atoms with Gasteiger partial charge < -0.3 is 18.6 Å². The Morgan fingerprint density at radius 2 is 1.56 bits per heavy atom. The number of hydrogen-bond acceptors (Lipinski definition) is 4. The molecule has 0 aliphatic carbocycles. The van der Waals surface area contributed by atoms with Gasteiger partial charge in [0.25, 0.3) is 0 Å². The quantitative estimate of drug-likeness (QED) is 0.741. The van der Waals surface area contributed by atoms with Crippen LogP contribution in [0.4, 0.5) is 5.69 Å². The first kappa shape index (κ1) is 13.2. The lowest BCUT2D eigenvalue weighted by atomic mass is 10.3. The third kappa shape index (κ3) is 3.60. The van der Waals surface area contributed by atoms with E-state index in [-0.39, 0.29) is 0 Å². The van der Waals surface area contributed by atoms with Crippen molar-refractivity contribution in [2.45, 2.75) is 6.04 Å². The minimum Gasteiger partial charge on any atom is -0.385 e. The van der Waals surface area contributed by atoms with Crippen molar-refractivity contribution in [3.05, 3.63) is 30.3 Å². The van der Waals surface area contributed by atoms with Crippen molar-refractivity contribution < 1.29 is 13.3 Å². The number of benzene rings is 1. The fourth-order valence-corrected chi connectivity index (χ4v) is 3.02. The minimum absolute atomic E-state index is 0.741. The smallest absolute Gasteiger partial charge is 0.385 e. The van der Waals surface area contributed by atoms with Gasteiger partial charge in [0.2, 0.25) is 0 Å². The first-order valence-electron chi connectivity index (χ1n) is 5.20. The molecule has 1 N–H and O–H groups in total. The van der Waals surface area contributed by atoms with Crippen LogP contribution in [-0.4, -0.2) is 36.7 Å². The molecule has 0 bridgehead atoms. The van der Waals surface area contributed by atoms with E-state index in [9.17, 15) is 0 Å². The van der Waals surface area contributed by atoms with Crippen molar-refractivity contribution in [3.8, 4) is 0 Å². The Bertz CT molecular complexity index is 282. The normalized spacial score (nSPS) is 11.4. The SMILES string of the molecule is CO[Si](CCNc1ccccc1)(OC)OC. The molecule has 1 aromatic rings. The van der Waals surface area contributed by atoms with Crippen LogP contribution in [0.2, 0.25) is 6.04 Å². The van der Waals surface area contributed by atoms with E-state index >= 15 is 0 Å². The summed E-state index contributed by atoms with van der Waals surface area (Å²) in [6.07, 6.45) is 0. The van der Waals surface area contributed by atoms with Gasteiger partial charge in [-0.25, -0.2) is 0 Å². The van der Waals surface area contributed by atoms with Crippen molar-refractivity contribution in [1.82, 2.24) is 0 Å². The summed E-state index contributed by atoms with van der Waals surface area (Å²) in [7, 11) is 2.45. The van der Waals surface area contributed by atoms with Gasteiger partial charge in [-0.3, -0.25) is 0 Å². The molecule has 0 aliphatic rings. The van der Waals surface area contributed by atoms with Crippen LogP contribution in [0.5, 0.6) is 0 Å². The predicted molar refractivity (Wildman–Crippen MR) is 66.5 cm³/mol. The second kappa shape index (κ2) is 6.65. The van der Waals surface area contributed by atoms with Crippen molar-refractivity contribution in [2.75, 3.05) is 33.2 Å². The third-order valence-corrected chi connectivity index (χ3v) is 5.20. The van der Waals surface area contributed by atoms with E-state index in [4.69, 9.17) is 13.3 Å². The van der Waals surface area contributed by atoms with Crippen LogP contribution in [0, 0.1) is 0 Å². The lowest BCUT2D eigenvalue weighted by Crippen LogP contribution is -2.44. The molecule has 0 aliphatic heterocycles. The zero-order valence-corrected chi connectivity index (χ0v) is 11.0. The van der Waals surface area contributed by atoms with E-state index in [0.29, 0.717) is 0 Å². The van der Waals surface area contributed by atoms with Crippen molar-refractivity contribution in [2.24, 2.45) is 0 Å². The summed E-state index contributed by atoms with van der Waals surface area (Å²) in [5.74, 6) is 0. The Kier molecular flexibility index (Phi) is 5.48. The highest BCUT2D eigenvalue weighted by Crippen LogP contribution is 2.13. The van der Waals surface area contributed by atoms with Crippen molar-refractivity contribution >= 4 is 14.5 Å². The highest BCUT2D eigenvalue weighted by molar-refractivity contribution is 6.60. The predicted octanol–water partition coefficient (Wildman–Crippen LogP) is 1.98. The van der Waals surface area contributed by atoms with Crippen LogP contribution in [0.1, 0.15) is 0 Å². The van der Waals surface area contributed by atoms with Crippen LogP contribution in [0.3, 0.4) is 0 Å². The van der Waals surface area contributed by atoms with Gasteiger partial charge in [0.1, 0.15) is 0 Å². The van der Waals surface area contributed by atoms with Gasteiger partial charge in [0, 0.05) is 39.6 Å². The molecule has 0 aromatic heterocycles. The molecule has 0 fully saturated rings. The second-order valence-corrected chi connectivity index (χ2v) is 6.43. The first-order valence-corrected chi connectivity index (χ1v) is 7.14. The molecule has 0 atom stereocenters. The lowest BCUT2D eigenvalue weighted by Gasteiger charge is -2.24. The Morgan fingerprint density at radius 1 is 1.00 bits per heavy atom. The van der Waals surface area contributed by atoms with Gasteiger partial charge in [-0.2, -0.15) is 0 Å². The fourth-order valence-electron chi connectivity index (χ4n) is 1.47. The standard InChI is InChI=1S/C11H19NO3Si/c1-13-16(14-2,15-3)10-9-12-11-7-5-4-6-8-11/h4-8,12H,9-10H2,1-3H3. The van der Waals surface area contributed by atoms with Crippen molar-refractivity contribution in [1.29, 1.82) is 0 Å². The number of hydrogen-bond donors (Lipinski definition) is 1. The van der Waals surface area contributed by atoms with E-state index in [2.05, 4.69) is 5.32 Å². The van der Waals surface area contributed by atoms with Gasteiger partial charge >= 0.3 is 8.80 Å². The molecular weight excluding hydrogens is 222 g/mol. The highest BCUT2D eigenvalue weighted by atomic mass is 28.4. The van der Waals surface area contributed by atoms with E-state index in [1.54, 1.807) is 21.3 Å². The molecule has 0 saturated heterocycles. The molecule has 90 valence electrons. The van der Waals surface area contributed by atoms with Crippen LogP contribution in [0.15, 0.2) is 30.3 Å². The second-order valence-electron chi connectivity index (χ2n) is 3.34. The van der Waals surface area contributed by atoms with E-state index in [1.807, 2.05) is 30.3 Å². The number of nitrogens with one attached hydrogen (secondary N) is 1. The molecule has 0 spiro atoms. The van der Waals surface area contributed by atoms with Gasteiger partial charge in [0.05, 0.1) is 0 Å². The van der Waals surface area contributed by atoms with Crippen LogP contribution >= 0.6 is 0 Å². The zero-order valence-electron chi connectivity index (χ0n) is 10.0. The highest BCUT2D eigenvalue weighted by Gasteiger charge is 2.36. The summed E-state index contributed by atoms with van der Waals surface area (Å²) >= 11 is 0. The zero-order chi connectivity index (χ0) is 11.9. The molecule has 0 unspecified atom stereocenters. The maximum atomic E-state index is 5.33. The van der Waals surface area contributed by atoms with Crippen LogP contribution < -0.4 is 5.32 Å². The third-order valence-electron chi connectivity index (χ3n) is 2.47. The molecule has 4 nitrogen and oxygen atoms in total. The molecule has 0 saturated carbocycles. The van der Waals surface area contributed by atoms with E-state index < -0.39 is 8.80 Å². The summed E-state index contributed by atoms with van der Waals surface area (Å²) in [5, 5.41) is 3.30. The average molecular weight is 241 g/mol. The Balaban J connectivity index is 2.39.